The number of nitrogens with one attached hydrogen (secondary N) is 1. The number of rotatable bonds is 4. The molecule has 0 bridgehead atoms. The van der Waals surface area contributed by atoms with Crippen molar-refractivity contribution in [1.82, 2.24) is 24.9 Å². The Hall–Kier alpha value is -2.96. The van der Waals surface area contributed by atoms with Gasteiger partial charge >= 0.3 is 0 Å². The molecular formula is C15H15N5O2. The zero-order valence-corrected chi connectivity index (χ0v) is 12.2. The van der Waals surface area contributed by atoms with Gasteiger partial charge in [-0.2, -0.15) is 4.98 Å². The highest BCUT2D eigenvalue weighted by atomic mass is 16.5. The third kappa shape index (κ3) is 2.73. The van der Waals surface area contributed by atoms with Gasteiger partial charge in [0.15, 0.2) is 0 Å². The number of carbonyl (C=O) groups is 1. The Bertz CT molecular complexity index is 781. The van der Waals surface area contributed by atoms with Gasteiger partial charge in [0.2, 0.25) is 5.82 Å². The van der Waals surface area contributed by atoms with Crippen LogP contribution in [0, 0.1) is 0 Å². The van der Waals surface area contributed by atoms with Gasteiger partial charge < -0.3 is 10.1 Å². The minimum absolute atomic E-state index is 0.0912. The second-order valence-corrected chi connectivity index (χ2v) is 4.77. The molecule has 112 valence electrons. The molecule has 7 heteroatoms. The van der Waals surface area contributed by atoms with Crippen LogP contribution in [-0.4, -0.2) is 32.6 Å². The molecule has 0 saturated carbocycles. The van der Waals surface area contributed by atoms with E-state index in [1.807, 2.05) is 31.2 Å². The Morgan fingerprint density at radius 2 is 2.23 bits per heavy atom. The first-order chi connectivity index (χ1) is 10.7. The van der Waals surface area contributed by atoms with Gasteiger partial charge in [0.05, 0.1) is 13.2 Å². The fraction of sp³-hybridized carbons (Fsp3) is 0.200. The van der Waals surface area contributed by atoms with E-state index in [9.17, 15) is 4.79 Å². The van der Waals surface area contributed by atoms with Crippen LogP contribution in [0.2, 0.25) is 0 Å². The van der Waals surface area contributed by atoms with Gasteiger partial charge in [0.1, 0.15) is 5.75 Å². The van der Waals surface area contributed by atoms with E-state index < -0.39 is 0 Å². The van der Waals surface area contributed by atoms with Crippen LogP contribution >= 0.6 is 0 Å². The summed E-state index contributed by atoms with van der Waals surface area (Å²) < 4.78 is 6.65. The molecule has 0 aliphatic carbocycles. The summed E-state index contributed by atoms with van der Waals surface area (Å²) in [6.45, 7) is 1.89. The average molecular weight is 297 g/mol. The SMILES string of the molecule is COc1cccc([C@@H](C)NC(=O)c2nc3ncccn3n2)c1. The molecule has 1 N–H and O–H groups in total. The van der Waals surface area contributed by atoms with Crippen molar-refractivity contribution in [3.05, 3.63) is 54.1 Å². The molecule has 0 spiro atoms. The zero-order valence-electron chi connectivity index (χ0n) is 12.2. The second-order valence-electron chi connectivity index (χ2n) is 4.77. The lowest BCUT2D eigenvalue weighted by Crippen LogP contribution is -2.27. The first-order valence-corrected chi connectivity index (χ1v) is 6.79. The fourth-order valence-corrected chi connectivity index (χ4v) is 2.08. The Balaban J connectivity index is 1.77. The van der Waals surface area contributed by atoms with Crippen molar-refractivity contribution in [3.63, 3.8) is 0 Å². The smallest absolute Gasteiger partial charge is 0.291 e. The van der Waals surface area contributed by atoms with E-state index in [2.05, 4.69) is 20.4 Å². The Kier molecular flexibility index (Phi) is 3.69. The Labute approximate surface area is 127 Å². The molecule has 0 fully saturated rings. The topological polar surface area (TPSA) is 81.4 Å². The van der Waals surface area contributed by atoms with Gasteiger partial charge in [-0.15, -0.1) is 5.10 Å². The third-order valence-corrected chi connectivity index (χ3v) is 3.26. The molecule has 3 rings (SSSR count). The van der Waals surface area contributed by atoms with Gasteiger partial charge in [0, 0.05) is 12.4 Å². The van der Waals surface area contributed by atoms with E-state index in [1.54, 1.807) is 25.6 Å². The number of ether oxygens (including phenoxy) is 1. The molecule has 1 atom stereocenters. The predicted octanol–water partition coefficient (Wildman–Crippen LogP) is 1.62. The number of amides is 1. The summed E-state index contributed by atoms with van der Waals surface area (Å²) in [6.07, 6.45) is 3.29. The van der Waals surface area contributed by atoms with Crippen LogP contribution in [0.1, 0.15) is 29.1 Å². The molecule has 3 aromatic rings. The Morgan fingerprint density at radius 1 is 1.36 bits per heavy atom. The largest absolute Gasteiger partial charge is 0.497 e. The lowest BCUT2D eigenvalue weighted by atomic mass is 10.1. The van der Waals surface area contributed by atoms with E-state index in [4.69, 9.17) is 4.74 Å². The normalized spacial score (nSPS) is 12.1. The zero-order chi connectivity index (χ0) is 15.5. The van der Waals surface area contributed by atoms with E-state index in [-0.39, 0.29) is 17.8 Å². The lowest BCUT2D eigenvalue weighted by Gasteiger charge is -2.13. The van der Waals surface area contributed by atoms with Crippen LogP contribution in [0.3, 0.4) is 0 Å². The molecule has 1 amide bonds. The van der Waals surface area contributed by atoms with Crippen molar-refractivity contribution < 1.29 is 9.53 Å². The molecule has 0 unspecified atom stereocenters. The van der Waals surface area contributed by atoms with Gasteiger partial charge in [-0.25, -0.2) is 9.50 Å². The molecule has 1 aromatic carbocycles. The summed E-state index contributed by atoms with van der Waals surface area (Å²) in [5, 5.41) is 6.96. The van der Waals surface area contributed by atoms with Gasteiger partial charge in [-0.05, 0) is 30.7 Å². The summed E-state index contributed by atoms with van der Waals surface area (Å²) in [7, 11) is 1.61. The van der Waals surface area contributed by atoms with Crippen molar-refractivity contribution in [2.75, 3.05) is 7.11 Å². The van der Waals surface area contributed by atoms with Gasteiger partial charge in [-0.3, -0.25) is 4.79 Å². The number of benzene rings is 1. The van der Waals surface area contributed by atoms with E-state index >= 15 is 0 Å². The number of carbonyl (C=O) groups excluding carboxylic acids is 1. The summed E-state index contributed by atoms with van der Waals surface area (Å²) in [5.74, 6) is 0.879. The van der Waals surface area contributed by atoms with Crippen LogP contribution in [0.4, 0.5) is 0 Å². The van der Waals surface area contributed by atoms with Crippen molar-refractivity contribution in [2.45, 2.75) is 13.0 Å². The van der Waals surface area contributed by atoms with Crippen LogP contribution in [0.5, 0.6) is 5.75 Å². The molecule has 0 radical (unpaired) electrons. The number of hydrogen-bond donors (Lipinski definition) is 1. The number of methoxy groups -OCH3 is 1. The summed E-state index contributed by atoms with van der Waals surface area (Å²) in [6, 6.07) is 9.07. The number of fused-ring (bicyclic) bond motifs is 1. The third-order valence-electron chi connectivity index (χ3n) is 3.26. The van der Waals surface area contributed by atoms with E-state index in [0.29, 0.717) is 5.78 Å². The van der Waals surface area contributed by atoms with Crippen molar-refractivity contribution in [2.24, 2.45) is 0 Å². The highest BCUT2D eigenvalue weighted by molar-refractivity contribution is 5.91. The van der Waals surface area contributed by atoms with Crippen molar-refractivity contribution >= 4 is 11.7 Å². The first kappa shape index (κ1) is 14.0. The quantitative estimate of drug-likeness (QED) is 0.791. The van der Waals surface area contributed by atoms with Crippen LogP contribution < -0.4 is 10.1 Å². The van der Waals surface area contributed by atoms with Gasteiger partial charge in [0.25, 0.3) is 11.7 Å². The molecule has 7 nitrogen and oxygen atoms in total. The molecule has 0 saturated heterocycles. The summed E-state index contributed by atoms with van der Waals surface area (Å²) >= 11 is 0. The minimum Gasteiger partial charge on any atom is -0.497 e. The summed E-state index contributed by atoms with van der Waals surface area (Å²) in [4.78, 5) is 20.4. The fourth-order valence-electron chi connectivity index (χ4n) is 2.08. The molecule has 0 aliphatic rings. The van der Waals surface area contributed by atoms with E-state index in [1.165, 1.54) is 4.52 Å². The highest BCUT2D eigenvalue weighted by Gasteiger charge is 2.16. The van der Waals surface area contributed by atoms with Crippen LogP contribution in [-0.2, 0) is 0 Å². The average Bonchev–Trinajstić information content (AvgIpc) is 2.99. The number of nitrogens with zero attached hydrogens (tertiary/aromatic N) is 4. The molecule has 2 aromatic heterocycles. The van der Waals surface area contributed by atoms with Crippen LogP contribution in [0.25, 0.3) is 5.78 Å². The maximum atomic E-state index is 12.2. The standard InChI is InChI=1S/C15H15N5O2/c1-10(11-5-3-6-12(9-11)22-2)17-14(21)13-18-15-16-7-4-8-20(15)19-13/h3-10H,1-2H3,(H,17,21)/t10-/m1/s1. The Morgan fingerprint density at radius 3 is 3.00 bits per heavy atom. The van der Waals surface area contributed by atoms with E-state index in [0.717, 1.165) is 11.3 Å². The molecule has 0 aliphatic heterocycles. The maximum absolute atomic E-state index is 12.2. The molecule has 22 heavy (non-hydrogen) atoms. The lowest BCUT2D eigenvalue weighted by molar-refractivity contribution is 0.0929. The highest BCUT2D eigenvalue weighted by Crippen LogP contribution is 2.18. The molecular weight excluding hydrogens is 282 g/mol. The predicted molar refractivity (Wildman–Crippen MR) is 79.7 cm³/mol. The second kappa shape index (κ2) is 5.80. The van der Waals surface area contributed by atoms with Crippen molar-refractivity contribution in [3.8, 4) is 5.75 Å². The molecule has 2 heterocycles. The number of hydrogen-bond acceptors (Lipinski definition) is 5. The van der Waals surface area contributed by atoms with Gasteiger partial charge in [-0.1, -0.05) is 12.1 Å². The van der Waals surface area contributed by atoms with Crippen LogP contribution in [0.15, 0.2) is 42.7 Å². The summed E-state index contributed by atoms with van der Waals surface area (Å²) in [5.41, 5.74) is 0.939. The van der Waals surface area contributed by atoms with Crippen molar-refractivity contribution in [1.29, 1.82) is 0 Å². The number of aromatic nitrogens is 4. The monoisotopic (exact) mass is 297 g/mol. The minimum atomic E-state index is -0.346. The first-order valence-electron chi connectivity index (χ1n) is 6.79. The maximum Gasteiger partial charge on any atom is 0.291 e.